The van der Waals surface area contributed by atoms with E-state index in [0.29, 0.717) is 34.6 Å². The summed E-state index contributed by atoms with van der Waals surface area (Å²) in [4.78, 5) is 28.5. The third kappa shape index (κ3) is 5.29. The molecule has 1 aliphatic carbocycles. The van der Waals surface area contributed by atoms with Gasteiger partial charge in [0.25, 0.3) is 0 Å². The molecular weight excluding hydrogens is 364 g/mol. The summed E-state index contributed by atoms with van der Waals surface area (Å²) in [5.41, 5.74) is 1.62. The van der Waals surface area contributed by atoms with Gasteiger partial charge >= 0.3 is 5.97 Å². The quantitative estimate of drug-likeness (QED) is 0.722. The van der Waals surface area contributed by atoms with E-state index in [9.17, 15) is 9.59 Å². The van der Waals surface area contributed by atoms with Crippen molar-refractivity contribution in [3.63, 3.8) is 0 Å². The Morgan fingerprint density at radius 2 is 2.07 bits per heavy atom. The summed E-state index contributed by atoms with van der Waals surface area (Å²) < 4.78 is 10.7. The molecule has 7 heteroatoms. The second-order valence-electron chi connectivity index (χ2n) is 6.65. The molecule has 144 valence electrons. The number of benzene rings is 1. The van der Waals surface area contributed by atoms with E-state index in [4.69, 9.17) is 9.47 Å². The van der Waals surface area contributed by atoms with Gasteiger partial charge in [0.2, 0.25) is 5.91 Å². The molecule has 2 aromatic rings. The normalized spacial score (nSPS) is 14.1. The largest absolute Gasteiger partial charge is 0.490 e. The van der Waals surface area contributed by atoms with Crippen LogP contribution in [0, 0.1) is 6.92 Å². The molecular formula is C20H24N2O4S. The number of hydrogen-bond acceptors (Lipinski definition) is 6. The van der Waals surface area contributed by atoms with Crippen molar-refractivity contribution < 1.29 is 19.1 Å². The van der Waals surface area contributed by atoms with E-state index in [0.717, 1.165) is 35.5 Å². The van der Waals surface area contributed by atoms with Crippen LogP contribution in [-0.4, -0.2) is 30.1 Å². The van der Waals surface area contributed by atoms with Crippen LogP contribution < -0.4 is 10.1 Å². The number of ether oxygens (including phenoxy) is 2. The summed E-state index contributed by atoms with van der Waals surface area (Å²) in [6.45, 7) is 1.72. The van der Waals surface area contributed by atoms with Gasteiger partial charge in [-0.2, -0.15) is 0 Å². The monoisotopic (exact) mass is 388 g/mol. The number of thiazole rings is 1. The Labute approximate surface area is 162 Å². The number of methoxy groups -OCH3 is 1. The lowest BCUT2D eigenvalue weighted by molar-refractivity contribution is -0.116. The van der Waals surface area contributed by atoms with Gasteiger partial charge in [-0.25, -0.2) is 9.78 Å². The second kappa shape index (κ2) is 8.99. The number of aryl methyl sites for hydroxylation is 2. The molecule has 0 aliphatic heterocycles. The van der Waals surface area contributed by atoms with Gasteiger partial charge in [-0.3, -0.25) is 4.79 Å². The fourth-order valence-electron chi connectivity index (χ4n) is 3.14. The number of nitrogens with zero attached hydrogens (tertiary/aromatic N) is 1. The summed E-state index contributed by atoms with van der Waals surface area (Å²) in [7, 11) is 1.32. The maximum Gasteiger partial charge on any atom is 0.350 e. The number of rotatable bonds is 7. The van der Waals surface area contributed by atoms with Gasteiger partial charge in [-0.15, -0.1) is 0 Å². The molecule has 1 amide bonds. The minimum atomic E-state index is -0.440. The molecule has 1 N–H and O–H groups in total. The van der Waals surface area contributed by atoms with Crippen molar-refractivity contribution >= 4 is 28.3 Å². The van der Waals surface area contributed by atoms with E-state index >= 15 is 0 Å². The summed E-state index contributed by atoms with van der Waals surface area (Å²) in [6, 6.07) is 7.94. The van der Waals surface area contributed by atoms with Crippen molar-refractivity contribution in [3.05, 3.63) is 40.4 Å². The van der Waals surface area contributed by atoms with Gasteiger partial charge in [0, 0.05) is 6.42 Å². The lowest BCUT2D eigenvalue weighted by atomic mass is 10.1. The van der Waals surface area contributed by atoms with Crippen molar-refractivity contribution in [2.75, 3.05) is 12.4 Å². The van der Waals surface area contributed by atoms with Crippen molar-refractivity contribution in [3.8, 4) is 5.75 Å². The van der Waals surface area contributed by atoms with E-state index in [1.54, 1.807) is 6.92 Å². The second-order valence-corrected chi connectivity index (χ2v) is 7.64. The zero-order valence-corrected chi connectivity index (χ0v) is 16.4. The number of aromatic nitrogens is 1. The Morgan fingerprint density at radius 3 is 2.81 bits per heavy atom. The maximum atomic E-state index is 12.2. The molecule has 0 unspecified atom stereocenters. The van der Waals surface area contributed by atoms with Gasteiger partial charge in [-0.05, 0) is 56.7 Å². The number of esters is 1. The zero-order chi connectivity index (χ0) is 19.2. The molecule has 3 rings (SSSR count). The molecule has 0 bridgehead atoms. The van der Waals surface area contributed by atoms with E-state index in [-0.39, 0.29) is 5.91 Å². The molecule has 0 saturated heterocycles. The van der Waals surface area contributed by atoms with Crippen molar-refractivity contribution in [2.45, 2.75) is 51.6 Å². The van der Waals surface area contributed by atoms with E-state index in [1.807, 2.05) is 24.3 Å². The maximum absolute atomic E-state index is 12.2. The first-order valence-corrected chi connectivity index (χ1v) is 9.98. The minimum Gasteiger partial charge on any atom is -0.490 e. The van der Waals surface area contributed by atoms with E-state index in [1.165, 1.54) is 20.0 Å². The van der Waals surface area contributed by atoms with Crippen molar-refractivity contribution in [1.29, 1.82) is 0 Å². The highest BCUT2D eigenvalue weighted by Gasteiger charge is 2.18. The number of anilines is 1. The van der Waals surface area contributed by atoms with Gasteiger partial charge in [0.1, 0.15) is 10.6 Å². The third-order valence-electron chi connectivity index (χ3n) is 4.56. The van der Waals surface area contributed by atoms with E-state index < -0.39 is 5.97 Å². The molecule has 6 nitrogen and oxygen atoms in total. The average molecular weight is 388 g/mol. The van der Waals surface area contributed by atoms with Gasteiger partial charge < -0.3 is 14.8 Å². The number of nitrogens with one attached hydrogen (secondary N) is 1. The number of amides is 1. The average Bonchev–Trinajstić information content (AvgIpc) is 3.29. The van der Waals surface area contributed by atoms with Crippen molar-refractivity contribution in [2.24, 2.45) is 0 Å². The molecule has 27 heavy (non-hydrogen) atoms. The van der Waals surface area contributed by atoms with Crippen LogP contribution in [-0.2, 0) is 16.0 Å². The van der Waals surface area contributed by atoms with E-state index in [2.05, 4.69) is 10.3 Å². The van der Waals surface area contributed by atoms with Crippen LogP contribution >= 0.6 is 11.3 Å². The number of carbonyl (C=O) groups is 2. The highest BCUT2D eigenvalue weighted by Crippen LogP contribution is 2.25. The Bertz CT molecular complexity index is 812. The van der Waals surface area contributed by atoms with Gasteiger partial charge in [0.15, 0.2) is 5.13 Å². The first-order valence-electron chi connectivity index (χ1n) is 9.16. The van der Waals surface area contributed by atoms with Gasteiger partial charge in [0.05, 0.1) is 18.9 Å². The van der Waals surface area contributed by atoms with Crippen LogP contribution in [0.2, 0.25) is 0 Å². The SMILES string of the molecule is COC(=O)c1sc(NC(=O)CCc2cccc(OC3CCCC3)c2)nc1C. The Hall–Kier alpha value is -2.41. The lowest BCUT2D eigenvalue weighted by Crippen LogP contribution is -2.12. The smallest absolute Gasteiger partial charge is 0.350 e. The first kappa shape index (κ1) is 19.4. The Morgan fingerprint density at radius 1 is 1.30 bits per heavy atom. The van der Waals surface area contributed by atoms with Gasteiger partial charge in [-0.1, -0.05) is 23.5 Å². The highest BCUT2D eigenvalue weighted by molar-refractivity contribution is 7.17. The summed E-state index contributed by atoms with van der Waals surface area (Å²) >= 11 is 1.12. The molecule has 1 aliphatic rings. The van der Waals surface area contributed by atoms with Crippen LogP contribution in [0.4, 0.5) is 5.13 Å². The molecule has 1 aromatic carbocycles. The molecule has 0 spiro atoms. The summed E-state index contributed by atoms with van der Waals surface area (Å²) in [5, 5.41) is 3.17. The first-order chi connectivity index (χ1) is 13.0. The fraction of sp³-hybridized carbons (Fsp3) is 0.450. The highest BCUT2D eigenvalue weighted by atomic mass is 32.1. The minimum absolute atomic E-state index is 0.137. The summed E-state index contributed by atoms with van der Waals surface area (Å²) in [6.07, 6.45) is 5.97. The third-order valence-corrected chi connectivity index (χ3v) is 5.61. The zero-order valence-electron chi connectivity index (χ0n) is 15.6. The standard InChI is InChI=1S/C20H24N2O4S/c1-13-18(19(24)25-2)27-20(21-13)22-17(23)11-10-14-6-5-9-16(12-14)26-15-7-3-4-8-15/h5-6,9,12,15H,3-4,7-8,10-11H2,1-2H3,(H,21,22,23). The Balaban J connectivity index is 1.52. The fourth-order valence-corrected chi connectivity index (χ4v) is 4.05. The molecule has 1 aromatic heterocycles. The van der Waals surface area contributed by atoms with Crippen molar-refractivity contribution in [1.82, 2.24) is 4.98 Å². The molecule has 0 atom stereocenters. The predicted octanol–water partition coefficient (Wildman–Crippen LogP) is 4.13. The molecule has 1 saturated carbocycles. The lowest BCUT2D eigenvalue weighted by Gasteiger charge is -2.13. The predicted molar refractivity (Wildman–Crippen MR) is 104 cm³/mol. The van der Waals surface area contributed by atoms with Crippen LogP contribution in [0.1, 0.15) is 53.0 Å². The van der Waals surface area contributed by atoms with Crippen LogP contribution in [0.3, 0.4) is 0 Å². The number of carbonyl (C=O) groups excluding carboxylic acids is 2. The molecule has 1 heterocycles. The molecule has 1 fully saturated rings. The van der Waals surface area contributed by atoms with Crippen LogP contribution in [0.15, 0.2) is 24.3 Å². The van der Waals surface area contributed by atoms with Crippen LogP contribution in [0.25, 0.3) is 0 Å². The number of hydrogen-bond donors (Lipinski definition) is 1. The topological polar surface area (TPSA) is 77.5 Å². The Kier molecular flexibility index (Phi) is 6.45. The molecule has 0 radical (unpaired) electrons. The summed E-state index contributed by atoms with van der Waals surface area (Å²) in [5.74, 6) is 0.296. The van der Waals surface area contributed by atoms with Crippen LogP contribution in [0.5, 0.6) is 5.75 Å².